The molecule has 0 radical (unpaired) electrons. The molecule has 0 saturated carbocycles. The first-order chi connectivity index (χ1) is 9.63. The first-order valence-electron chi connectivity index (χ1n) is 5.81. The van der Waals surface area contributed by atoms with Crippen LogP contribution in [0, 0.1) is 0 Å². The van der Waals surface area contributed by atoms with E-state index >= 15 is 0 Å². The summed E-state index contributed by atoms with van der Waals surface area (Å²) in [5.41, 5.74) is 1.83. The molecule has 6 heteroatoms. The fourth-order valence-corrected chi connectivity index (χ4v) is 2.43. The number of aromatic amines is 1. The normalized spacial score (nSPS) is 11.5. The molecule has 0 aliphatic rings. The molecule has 0 aliphatic carbocycles. The molecule has 0 unspecified atom stereocenters. The molecule has 1 heterocycles. The van der Waals surface area contributed by atoms with Crippen molar-refractivity contribution < 1.29 is 5.11 Å². The zero-order valence-electron chi connectivity index (χ0n) is 10.1. The molecule has 2 aromatic carbocycles. The van der Waals surface area contributed by atoms with E-state index in [1.165, 1.54) is 0 Å². The third-order valence-corrected chi connectivity index (χ3v) is 3.52. The average molecular weight is 351 g/mol. The van der Waals surface area contributed by atoms with Gasteiger partial charge in [-0.3, -0.25) is 0 Å². The van der Waals surface area contributed by atoms with Gasteiger partial charge in [0.25, 0.3) is 0 Å². The van der Waals surface area contributed by atoms with Crippen LogP contribution in [0.5, 0.6) is 5.88 Å². The smallest absolute Gasteiger partial charge is 0.218 e. The van der Waals surface area contributed by atoms with Gasteiger partial charge in [0.2, 0.25) is 5.88 Å². The summed E-state index contributed by atoms with van der Waals surface area (Å²) in [7, 11) is 0. The van der Waals surface area contributed by atoms with E-state index < -0.39 is 0 Å². The lowest BCUT2D eigenvalue weighted by Gasteiger charge is -1.94. The van der Waals surface area contributed by atoms with E-state index in [0.29, 0.717) is 16.4 Å². The first-order valence-corrected chi connectivity index (χ1v) is 6.98. The molecule has 20 heavy (non-hydrogen) atoms. The summed E-state index contributed by atoms with van der Waals surface area (Å²) in [6.07, 6.45) is 0. The van der Waals surface area contributed by atoms with E-state index in [1.807, 2.05) is 18.2 Å². The molecule has 0 amide bonds. The number of nitrogens with zero attached hydrogens (tertiary/aromatic N) is 2. The van der Waals surface area contributed by atoms with Crippen LogP contribution >= 0.6 is 27.5 Å². The van der Waals surface area contributed by atoms with Gasteiger partial charge in [0.1, 0.15) is 0 Å². The number of hydrogen-bond donors (Lipinski definition) is 2. The van der Waals surface area contributed by atoms with Crippen LogP contribution in [0.1, 0.15) is 0 Å². The van der Waals surface area contributed by atoms with Crippen LogP contribution in [0.15, 0.2) is 57.2 Å². The zero-order chi connectivity index (χ0) is 14.1. The maximum Gasteiger partial charge on any atom is 0.218 e. The third-order valence-electron chi connectivity index (χ3n) is 2.79. The fourth-order valence-electron chi connectivity index (χ4n) is 1.88. The van der Waals surface area contributed by atoms with Crippen LogP contribution in [0.25, 0.3) is 10.9 Å². The summed E-state index contributed by atoms with van der Waals surface area (Å²) in [6, 6.07) is 12.7. The Morgan fingerprint density at radius 3 is 2.75 bits per heavy atom. The minimum absolute atomic E-state index is 0.0103. The molecule has 0 aliphatic heterocycles. The monoisotopic (exact) mass is 349 g/mol. The molecule has 0 spiro atoms. The molecule has 0 atom stereocenters. The zero-order valence-corrected chi connectivity index (χ0v) is 12.5. The third kappa shape index (κ3) is 2.55. The molecule has 3 aromatic rings. The van der Waals surface area contributed by atoms with Crippen molar-refractivity contribution in [3.8, 4) is 5.88 Å². The number of rotatable bonds is 2. The Bertz CT molecular complexity index is 813. The summed E-state index contributed by atoms with van der Waals surface area (Å²) in [4.78, 5) is 2.86. The van der Waals surface area contributed by atoms with Gasteiger partial charge in [-0.1, -0.05) is 33.6 Å². The van der Waals surface area contributed by atoms with Crippen molar-refractivity contribution in [2.75, 3.05) is 0 Å². The van der Waals surface area contributed by atoms with E-state index in [-0.39, 0.29) is 5.88 Å². The number of aromatic hydroxyl groups is 1. The van der Waals surface area contributed by atoms with Crippen LogP contribution in [-0.2, 0) is 0 Å². The minimum Gasteiger partial charge on any atom is -0.493 e. The number of benzene rings is 2. The molecule has 100 valence electrons. The number of halogens is 2. The predicted octanol–water partition coefficient (Wildman–Crippen LogP) is 5.70. The van der Waals surface area contributed by atoms with Gasteiger partial charge < -0.3 is 10.1 Å². The molecular formula is C14H9BrClN3O. The SMILES string of the molecule is Oc1[nH]c2ccc(Br)cc2c1N=Nc1cccc(Cl)c1. The largest absolute Gasteiger partial charge is 0.493 e. The maximum absolute atomic E-state index is 9.91. The summed E-state index contributed by atoms with van der Waals surface area (Å²) >= 11 is 9.29. The molecule has 0 fully saturated rings. The fraction of sp³-hybridized carbons (Fsp3) is 0. The summed E-state index contributed by atoms with van der Waals surface area (Å²) < 4.78 is 0.906. The van der Waals surface area contributed by atoms with Gasteiger partial charge in [0.05, 0.1) is 11.2 Å². The Labute approximate surface area is 128 Å². The van der Waals surface area contributed by atoms with E-state index in [1.54, 1.807) is 24.3 Å². The quantitative estimate of drug-likeness (QED) is 0.572. The Hall–Kier alpha value is -1.85. The van der Waals surface area contributed by atoms with Crippen LogP contribution < -0.4 is 0 Å². The highest BCUT2D eigenvalue weighted by Crippen LogP contribution is 2.37. The molecule has 1 aromatic heterocycles. The number of aromatic nitrogens is 1. The van der Waals surface area contributed by atoms with Crippen molar-refractivity contribution in [3.63, 3.8) is 0 Å². The van der Waals surface area contributed by atoms with E-state index in [4.69, 9.17) is 11.6 Å². The summed E-state index contributed by atoms with van der Waals surface area (Å²) in [5.74, 6) is -0.0103. The number of azo groups is 1. The number of nitrogens with one attached hydrogen (secondary N) is 1. The average Bonchev–Trinajstić information content (AvgIpc) is 2.72. The van der Waals surface area contributed by atoms with Crippen LogP contribution in [0.2, 0.25) is 5.02 Å². The van der Waals surface area contributed by atoms with Crippen molar-refractivity contribution >= 4 is 49.8 Å². The Balaban J connectivity index is 2.06. The lowest BCUT2D eigenvalue weighted by Crippen LogP contribution is -1.67. The van der Waals surface area contributed by atoms with Gasteiger partial charge in [-0.25, -0.2) is 0 Å². The highest BCUT2D eigenvalue weighted by atomic mass is 79.9. The van der Waals surface area contributed by atoms with Crippen LogP contribution in [0.4, 0.5) is 11.4 Å². The molecule has 4 nitrogen and oxygen atoms in total. The van der Waals surface area contributed by atoms with Crippen molar-refractivity contribution in [2.45, 2.75) is 0 Å². The molecule has 3 rings (SSSR count). The van der Waals surface area contributed by atoms with Crippen LogP contribution in [0.3, 0.4) is 0 Å². The van der Waals surface area contributed by atoms with Gasteiger partial charge in [-0.15, -0.1) is 5.11 Å². The Kier molecular flexibility index (Phi) is 3.46. The van der Waals surface area contributed by atoms with Gasteiger partial charge in [0, 0.05) is 14.9 Å². The van der Waals surface area contributed by atoms with E-state index in [2.05, 4.69) is 31.1 Å². The highest BCUT2D eigenvalue weighted by molar-refractivity contribution is 9.10. The predicted molar refractivity (Wildman–Crippen MR) is 83.3 cm³/mol. The van der Waals surface area contributed by atoms with E-state index in [0.717, 1.165) is 15.4 Å². The summed E-state index contributed by atoms with van der Waals surface area (Å²) in [5, 5.41) is 19.5. The van der Waals surface area contributed by atoms with Gasteiger partial charge in [-0.2, -0.15) is 5.11 Å². The number of H-pyrrole nitrogens is 1. The lowest BCUT2D eigenvalue weighted by atomic mass is 10.2. The van der Waals surface area contributed by atoms with Gasteiger partial charge in [-0.05, 0) is 36.4 Å². The molecular weight excluding hydrogens is 342 g/mol. The van der Waals surface area contributed by atoms with Gasteiger partial charge in [0.15, 0.2) is 5.69 Å². The Morgan fingerprint density at radius 2 is 1.95 bits per heavy atom. The van der Waals surface area contributed by atoms with Crippen molar-refractivity contribution in [2.24, 2.45) is 10.2 Å². The van der Waals surface area contributed by atoms with Crippen molar-refractivity contribution in [1.82, 2.24) is 4.98 Å². The van der Waals surface area contributed by atoms with Crippen LogP contribution in [-0.4, -0.2) is 10.1 Å². The molecule has 2 N–H and O–H groups in total. The number of hydrogen-bond acceptors (Lipinski definition) is 3. The lowest BCUT2D eigenvalue weighted by molar-refractivity contribution is 0.459. The molecule has 0 saturated heterocycles. The first kappa shape index (κ1) is 13.1. The second-order valence-corrected chi connectivity index (χ2v) is 5.54. The second-order valence-electron chi connectivity index (χ2n) is 4.19. The Morgan fingerprint density at radius 1 is 1.10 bits per heavy atom. The van der Waals surface area contributed by atoms with Crippen molar-refractivity contribution in [1.29, 1.82) is 0 Å². The van der Waals surface area contributed by atoms with Gasteiger partial charge >= 0.3 is 0 Å². The standard InChI is InChI=1S/C14H9BrClN3O/c15-8-4-5-12-11(6-8)13(14(20)17-12)19-18-10-3-1-2-9(16)7-10/h1-7,17,20H. The van der Waals surface area contributed by atoms with Crippen molar-refractivity contribution in [3.05, 3.63) is 52.0 Å². The minimum atomic E-state index is -0.0103. The van der Waals surface area contributed by atoms with E-state index in [9.17, 15) is 5.11 Å². The number of fused-ring (bicyclic) bond motifs is 1. The molecule has 0 bridgehead atoms. The maximum atomic E-state index is 9.91. The summed E-state index contributed by atoms with van der Waals surface area (Å²) in [6.45, 7) is 0. The second kappa shape index (κ2) is 5.26. The highest BCUT2D eigenvalue weighted by Gasteiger charge is 2.10. The topological polar surface area (TPSA) is 60.7 Å².